The van der Waals surface area contributed by atoms with Crippen LogP contribution in [-0.4, -0.2) is 17.8 Å². The molecule has 1 aliphatic heterocycles. The van der Waals surface area contributed by atoms with Crippen molar-refractivity contribution in [3.8, 4) is 0 Å². The predicted octanol–water partition coefficient (Wildman–Crippen LogP) is 2.27. The van der Waals surface area contributed by atoms with Gasteiger partial charge >= 0.3 is 0 Å². The Labute approximate surface area is 88.8 Å². The van der Waals surface area contributed by atoms with Gasteiger partial charge in [-0.15, -0.1) is 0 Å². The number of rotatable bonds is 2. The smallest absolute Gasteiger partial charge is 0.157 e. The minimum absolute atomic E-state index is 0.508. The van der Waals surface area contributed by atoms with Crippen molar-refractivity contribution in [2.24, 2.45) is 4.99 Å². The number of hydrogen-bond donors (Lipinski definition) is 1. The Morgan fingerprint density at radius 3 is 2.86 bits per heavy atom. The molecule has 1 atom stereocenters. The van der Waals surface area contributed by atoms with E-state index in [2.05, 4.69) is 41.5 Å². The van der Waals surface area contributed by atoms with Crippen LogP contribution in [0.2, 0.25) is 0 Å². The second kappa shape index (κ2) is 4.51. The third-order valence-electron chi connectivity index (χ3n) is 2.10. The van der Waals surface area contributed by atoms with Crippen LogP contribution in [0.5, 0.6) is 0 Å². The number of nitrogens with one attached hydrogen (secondary N) is 1. The maximum Gasteiger partial charge on any atom is 0.157 e. The monoisotopic (exact) mass is 206 g/mol. The zero-order valence-corrected chi connectivity index (χ0v) is 9.05. The van der Waals surface area contributed by atoms with Crippen molar-refractivity contribution in [2.45, 2.75) is 18.7 Å². The van der Waals surface area contributed by atoms with E-state index in [4.69, 9.17) is 0 Å². The molecule has 0 aliphatic carbocycles. The first-order valence-corrected chi connectivity index (χ1v) is 5.81. The van der Waals surface area contributed by atoms with Gasteiger partial charge in [0.2, 0.25) is 0 Å². The van der Waals surface area contributed by atoms with Crippen LogP contribution in [0.3, 0.4) is 0 Å². The van der Waals surface area contributed by atoms with Gasteiger partial charge in [0.15, 0.2) is 5.17 Å². The van der Waals surface area contributed by atoms with Crippen LogP contribution in [-0.2, 0) is 5.75 Å². The molecule has 1 aliphatic rings. The average Bonchev–Trinajstić information content (AvgIpc) is 2.63. The molecule has 1 aromatic rings. The first kappa shape index (κ1) is 9.59. The summed E-state index contributed by atoms with van der Waals surface area (Å²) in [7, 11) is 0. The summed E-state index contributed by atoms with van der Waals surface area (Å²) in [6, 6.07) is 11.0. The Kier molecular flexibility index (Phi) is 3.09. The van der Waals surface area contributed by atoms with Crippen LogP contribution in [0.4, 0.5) is 0 Å². The lowest BCUT2D eigenvalue weighted by atomic mass is 10.2. The van der Waals surface area contributed by atoms with Crippen molar-refractivity contribution in [3.63, 3.8) is 0 Å². The third-order valence-corrected chi connectivity index (χ3v) is 3.10. The SMILES string of the molecule is C[C@@H]1CN=C(SCc2ccccc2)N1. The van der Waals surface area contributed by atoms with Gasteiger partial charge in [0.25, 0.3) is 0 Å². The van der Waals surface area contributed by atoms with Crippen LogP contribution < -0.4 is 5.32 Å². The van der Waals surface area contributed by atoms with Crippen LogP contribution in [0.1, 0.15) is 12.5 Å². The van der Waals surface area contributed by atoms with Gasteiger partial charge in [-0.05, 0) is 12.5 Å². The van der Waals surface area contributed by atoms with Crippen molar-refractivity contribution in [3.05, 3.63) is 35.9 Å². The van der Waals surface area contributed by atoms with E-state index in [-0.39, 0.29) is 0 Å². The van der Waals surface area contributed by atoms with Gasteiger partial charge in [-0.3, -0.25) is 4.99 Å². The highest BCUT2D eigenvalue weighted by Gasteiger charge is 2.12. The van der Waals surface area contributed by atoms with Gasteiger partial charge in [-0.2, -0.15) is 0 Å². The average molecular weight is 206 g/mol. The van der Waals surface area contributed by atoms with E-state index in [0.717, 1.165) is 17.5 Å². The van der Waals surface area contributed by atoms with Gasteiger partial charge in [-0.1, -0.05) is 42.1 Å². The largest absolute Gasteiger partial charge is 0.361 e. The van der Waals surface area contributed by atoms with Gasteiger partial charge in [0, 0.05) is 11.8 Å². The number of thioether (sulfide) groups is 1. The molecule has 0 saturated carbocycles. The number of aliphatic imine (C=N–C) groups is 1. The highest BCUT2D eigenvalue weighted by Crippen LogP contribution is 2.15. The Morgan fingerprint density at radius 2 is 2.21 bits per heavy atom. The lowest BCUT2D eigenvalue weighted by molar-refractivity contribution is 0.728. The Hall–Kier alpha value is -0.960. The van der Waals surface area contributed by atoms with Crippen molar-refractivity contribution < 1.29 is 0 Å². The zero-order chi connectivity index (χ0) is 9.80. The van der Waals surface area contributed by atoms with Crippen LogP contribution in [0.25, 0.3) is 0 Å². The summed E-state index contributed by atoms with van der Waals surface area (Å²) in [5.41, 5.74) is 1.35. The minimum atomic E-state index is 0.508. The molecule has 0 spiro atoms. The molecular formula is C11H14N2S. The summed E-state index contributed by atoms with van der Waals surface area (Å²) >= 11 is 1.78. The van der Waals surface area contributed by atoms with E-state index in [1.54, 1.807) is 11.8 Å². The predicted molar refractivity (Wildman–Crippen MR) is 62.6 cm³/mol. The molecule has 2 rings (SSSR count). The molecule has 1 heterocycles. The second-order valence-corrected chi connectivity index (χ2v) is 4.43. The molecule has 0 amide bonds. The first-order chi connectivity index (χ1) is 6.84. The lowest BCUT2D eigenvalue weighted by Gasteiger charge is -2.04. The second-order valence-electron chi connectivity index (χ2n) is 3.47. The summed E-state index contributed by atoms with van der Waals surface area (Å²) in [4.78, 5) is 4.40. The molecule has 2 nitrogen and oxygen atoms in total. The molecule has 14 heavy (non-hydrogen) atoms. The van der Waals surface area contributed by atoms with Gasteiger partial charge < -0.3 is 5.32 Å². The summed E-state index contributed by atoms with van der Waals surface area (Å²) in [5.74, 6) is 0.999. The third kappa shape index (κ3) is 2.51. The fourth-order valence-corrected chi connectivity index (χ4v) is 2.28. The fraction of sp³-hybridized carbons (Fsp3) is 0.364. The van der Waals surface area contributed by atoms with Gasteiger partial charge in [-0.25, -0.2) is 0 Å². The van der Waals surface area contributed by atoms with E-state index < -0.39 is 0 Å². The minimum Gasteiger partial charge on any atom is -0.361 e. The van der Waals surface area contributed by atoms with Gasteiger partial charge in [0.05, 0.1) is 6.54 Å². The van der Waals surface area contributed by atoms with Crippen LogP contribution in [0, 0.1) is 0 Å². The fourth-order valence-electron chi connectivity index (χ4n) is 1.34. The Morgan fingerprint density at radius 1 is 1.43 bits per heavy atom. The highest BCUT2D eigenvalue weighted by atomic mass is 32.2. The molecule has 0 saturated heterocycles. The molecule has 0 unspecified atom stereocenters. The van der Waals surface area contributed by atoms with E-state index in [1.807, 2.05) is 6.07 Å². The van der Waals surface area contributed by atoms with Crippen molar-refractivity contribution in [1.82, 2.24) is 5.32 Å². The topological polar surface area (TPSA) is 24.4 Å². The standard InChI is InChI=1S/C11H14N2S/c1-9-7-12-11(13-9)14-8-10-5-3-2-4-6-10/h2-6,9H,7-8H2,1H3,(H,12,13)/t9-/m1/s1. The maximum atomic E-state index is 4.40. The van der Waals surface area contributed by atoms with E-state index >= 15 is 0 Å². The molecule has 74 valence electrons. The highest BCUT2D eigenvalue weighted by molar-refractivity contribution is 8.13. The molecule has 0 aromatic heterocycles. The maximum absolute atomic E-state index is 4.40. The Balaban J connectivity index is 1.84. The summed E-state index contributed by atoms with van der Waals surface area (Å²) < 4.78 is 0. The number of hydrogen-bond acceptors (Lipinski definition) is 3. The van der Waals surface area contributed by atoms with Crippen LogP contribution in [0.15, 0.2) is 35.3 Å². The summed E-state index contributed by atoms with van der Waals surface area (Å²) in [5, 5.41) is 4.42. The Bertz CT molecular complexity index is 321. The number of benzene rings is 1. The van der Waals surface area contributed by atoms with Crippen molar-refractivity contribution in [2.75, 3.05) is 6.54 Å². The first-order valence-electron chi connectivity index (χ1n) is 4.82. The number of amidine groups is 1. The quantitative estimate of drug-likeness (QED) is 0.802. The van der Waals surface area contributed by atoms with Crippen molar-refractivity contribution in [1.29, 1.82) is 0 Å². The molecule has 0 radical (unpaired) electrons. The van der Waals surface area contributed by atoms with Gasteiger partial charge in [0.1, 0.15) is 0 Å². The molecule has 0 bridgehead atoms. The van der Waals surface area contributed by atoms with Crippen molar-refractivity contribution >= 4 is 16.9 Å². The zero-order valence-electron chi connectivity index (χ0n) is 8.23. The van der Waals surface area contributed by atoms with E-state index in [9.17, 15) is 0 Å². The molecule has 3 heteroatoms. The summed E-state index contributed by atoms with van der Waals surface area (Å²) in [6.07, 6.45) is 0. The summed E-state index contributed by atoms with van der Waals surface area (Å²) in [6.45, 7) is 3.07. The number of nitrogens with zero attached hydrogens (tertiary/aromatic N) is 1. The van der Waals surface area contributed by atoms with E-state index in [0.29, 0.717) is 6.04 Å². The molecule has 1 N–H and O–H groups in total. The van der Waals surface area contributed by atoms with Crippen LogP contribution >= 0.6 is 11.8 Å². The molecular weight excluding hydrogens is 192 g/mol. The lowest BCUT2D eigenvalue weighted by Crippen LogP contribution is -2.25. The molecule has 1 aromatic carbocycles. The molecule has 0 fully saturated rings. The normalized spacial score (nSPS) is 20.4. The van der Waals surface area contributed by atoms with E-state index in [1.165, 1.54) is 5.56 Å².